The third kappa shape index (κ3) is 2.33. The average molecular weight is 116 g/mol. The van der Waals surface area contributed by atoms with Gasteiger partial charge >= 0.3 is 8.56 Å². The molecular formula is C4H8O2Si. The molecule has 2 nitrogen and oxygen atoms in total. The first-order chi connectivity index (χ1) is 3.12. The Morgan fingerprint density at radius 1 is 1.14 bits per heavy atom. The van der Waals surface area contributed by atoms with E-state index >= 15 is 0 Å². The van der Waals surface area contributed by atoms with E-state index in [4.69, 9.17) is 9.59 Å². The van der Waals surface area contributed by atoms with Crippen molar-refractivity contribution in [1.29, 1.82) is 0 Å². The van der Waals surface area contributed by atoms with Crippen LogP contribution in [0.5, 0.6) is 0 Å². The van der Waals surface area contributed by atoms with Crippen molar-refractivity contribution in [3.05, 3.63) is 24.6 Å². The lowest BCUT2D eigenvalue weighted by molar-refractivity contribution is 0.398. The smallest absolute Gasteiger partial charge is 0.385 e. The van der Waals surface area contributed by atoms with E-state index in [0.29, 0.717) is 0 Å². The van der Waals surface area contributed by atoms with Gasteiger partial charge in [0.25, 0.3) is 0 Å². The van der Waals surface area contributed by atoms with E-state index in [1.54, 1.807) is 0 Å². The molecule has 0 aliphatic heterocycles. The highest BCUT2D eigenvalue weighted by molar-refractivity contribution is 6.74. The molecule has 0 amide bonds. The molecule has 0 heterocycles. The molecule has 0 spiro atoms. The molecule has 0 aromatic heterocycles. The van der Waals surface area contributed by atoms with Crippen LogP contribution in [0.3, 0.4) is 0 Å². The molecule has 0 bridgehead atoms. The Kier molecular flexibility index (Phi) is 1.95. The first-order valence-corrected chi connectivity index (χ1v) is 3.89. The van der Waals surface area contributed by atoms with Gasteiger partial charge in [0.15, 0.2) is 0 Å². The van der Waals surface area contributed by atoms with E-state index in [9.17, 15) is 0 Å². The van der Waals surface area contributed by atoms with Crippen LogP contribution in [0.1, 0.15) is 0 Å². The largest absolute Gasteiger partial charge is 0.405 e. The van der Waals surface area contributed by atoms with E-state index in [2.05, 4.69) is 13.2 Å². The quantitative estimate of drug-likeness (QED) is 0.493. The van der Waals surface area contributed by atoms with Gasteiger partial charge < -0.3 is 9.59 Å². The second-order valence-corrected chi connectivity index (χ2v) is 3.57. The normalized spacial score (nSPS) is 10.6. The Morgan fingerprint density at radius 2 is 1.43 bits per heavy atom. The van der Waals surface area contributed by atoms with Gasteiger partial charge in [0.05, 0.1) is 0 Å². The van der Waals surface area contributed by atoms with Gasteiger partial charge in [-0.15, -0.1) is 13.2 Å². The molecular weight excluding hydrogens is 108 g/mol. The van der Waals surface area contributed by atoms with Gasteiger partial charge in [-0.1, -0.05) is 0 Å². The summed E-state index contributed by atoms with van der Waals surface area (Å²) in [7, 11) is -3.12. The van der Waals surface area contributed by atoms with E-state index in [0.717, 1.165) is 11.4 Å². The van der Waals surface area contributed by atoms with E-state index in [-0.39, 0.29) is 0 Å². The zero-order valence-corrected chi connectivity index (χ0v) is 4.96. The molecule has 0 atom stereocenters. The van der Waals surface area contributed by atoms with Crippen molar-refractivity contribution in [2.75, 3.05) is 0 Å². The Balaban J connectivity index is 3.82. The number of hydrogen-bond donors (Lipinski definition) is 2. The van der Waals surface area contributed by atoms with E-state index < -0.39 is 8.56 Å². The summed E-state index contributed by atoms with van der Waals surface area (Å²) in [4.78, 5) is 17.2. The third-order valence-corrected chi connectivity index (χ3v) is 1.80. The van der Waals surface area contributed by atoms with Crippen molar-refractivity contribution in [3.8, 4) is 0 Å². The third-order valence-electron chi connectivity index (χ3n) is 0.601. The molecule has 0 radical (unpaired) electrons. The van der Waals surface area contributed by atoms with Crippen LogP contribution in [-0.4, -0.2) is 18.2 Å². The van der Waals surface area contributed by atoms with Crippen molar-refractivity contribution >= 4 is 8.56 Å². The summed E-state index contributed by atoms with van der Waals surface area (Å²) in [6, 6.07) is 0. The molecule has 0 aliphatic carbocycles. The van der Waals surface area contributed by atoms with Gasteiger partial charge in [-0.3, -0.25) is 0 Å². The van der Waals surface area contributed by atoms with Crippen molar-refractivity contribution in [1.82, 2.24) is 0 Å². The molecule has 7 heavy (non-hydrogen) atoms. The maximum absolute atomic E-state index is 8.59. The van der Waals surface area contributed by atoms with E-state index in [1.165, 1.54) is 0 Å². The van der Waals surface area contributed by atoms with Crippen LogP contribution in [0.2, 0.25) is 0 Å². The van der Waals surface area contributed by atoms with Crippen LogP contribution in [0.4, 0.5) is 0 Å². The van der Waals surface area contributed by atoms with Crippen LogP contribution in [0.25, 0.3) is 0 Å². The maximum atomic E-state index is 8.59. The highest BCUT2D eigenvalue weighted by Gasteiger charge is 2.17. The fourth-order valence-electron chi connectivity index (χ4n) is 0.0833. The average Bonchev–Trinajstić information content (AvgIpc) is 1.68. The Bertz CT molecular complexity index is 77.7. The summed E-state index contributed by atoms with van der Waals surface area (Å²) >= 11 is 0. The van der Waals surface area contributed by atoms with Crippen LogP contribution in [0.15, 0.2) is 24.6 Å². The lowest BCUT2D eigenvalue weighted by atomic mass is 11.2. The fraction of sp³-hybridized carbons (Fsp3) is 0. The lowest BCUT2D eigenvalue weighted by Crippen LogP contribution is -2.28. The Morgan fingerprint density at radius 3 is 1.43 bits per heavy atom. The summed E-state index contributed by atoms with van der Waals surface area (Å²) in [6.45, 7) is 6.39. The standard InChI is InChI=1S/C4H8O2Si/c1-3-7(5,6)4-2/h3-6H,1-2H2. The Hall–Kier alpha value is -0.383. The van der Waals surface area contributed by atoms with Gasteiger partial charge in [-0.05, 0) is 11.4 Å². The minimum Gasteiger partial charge on any atom is -0.405 e. The summed E-state index contributed by atoms with van der Waals surface area (Å²) in [5, 5.41) is 0. The first-order valence-electron chi connectivity index (χ1n) is 1.84. The molecule has 2 N–H and O–H groups in total. The molecule has 0 saturated heterocycles. The van der Waals surface area contributed by atoms with Crippen LogP contribution in [-0.2, 0) is 0 Å². The number of rotatable bonds is 2. The summed E-state index contributed by atoms with van der Waals surface area (Å²) < 4.78 is 0. The molecule has 0 fully saturated rings. The maximum Gasteiger partial charge on any atom is 0.385 e. The van der Waals surface area contributed by atoms with Gasteiger partial charge in [0.1, 0.15) is 0 Å². The van der Waals surface area contributed by atoms with Crippen LogP contribution in [0, 0.1) is 0 Å². The zero-order valence-electron chi connectivity index (χ0n) is 3.96. The minimum atomic E-state index is -3.12. The highest BCUT2D eigenvalue weighted by Crippen LogP contribution is 1.90. The van der Waals surface area contributed by atoms with E-state index in [1.807, 2.05) is 0 Å². The summed E-state index contributed by atoms with van der Waals surface area (Å²) in [5.41, 5.74) is 2.25. The van der Waals surface area contributed by atoms with Crippen LogP contribution < -0.4 is 0 Å². The molecule has 40 valence electrons. The lowest BCUT2D eigenvalue weighted by Gasteiger charge is -2.02. The minimum absolute atomic E-state index is 1.12. The molecule has 0 aromatic carbocycles. The van der Waals surface area contributed by atoms with Gasteiger partial charge in [0, 0.05) is 0 Å². The summed E-state index contributed by atoms with van der Waals surface area (Å²) in [6.07, 6.45) is 0. The second kappa shape index (κ2) is 2.06. The van der Waals surface area contributed by atoms with Crippen LogP contribution >= 0.6 is 0 Å². The predicted octanol–water partition coefficient (Wildman–Crippen LogP) is -0.136. The Labute approximate surface area is 43.7 Å². The molecule has 0 rings (SSSR count). The zero-order chi connectivity index (χ0) is 5.91. The molecule has 0 unspecified atom stereocenters. The van der Waals surface area contributed by atoms with Gasteiger partial charge in [-0.25, -0.2) is 0 Å². The number of hydrogen-bond acceptors (Lipinski definition) is 2. The molecule has 3 heteroatoms. The van der Waals surface area contributed by atoms with Crippen molar-refractivity contribution < 1.29 is 9.59 Å². The highest BCUT2D eigenvalue weighted by atomic mass is 28.4. The molecule has 0 saturated carbocycles. The monoisotopic (exact) mass is 116 g/mol. The van der Waals surface area contributed by atoms with Crippen molar-refractivity contribution in [2.45, 2.75) is 0 Å². The first kappa shape index (κ1) is 6.62. The fourth-order valence-corrected chi connectivity index (χ4v) is 0.250. The molecule has 0 aliphatic rings. The second-order valence-electron chi connectivity index (χ2n) is 1.19. The van der Waals surface area contributed by atoms with Gasteiger partial charge in [-0.2, -0.15) is 0 Å². The van der Waals surface area contributed by atoms with Gasteiger partial charge in [0.2, 0.25) is 0 Å². The van der Waals surface area contributed by atoms with Crippen molar-refractivity contribution in [3.63, 3.8) is 0 Å². The molecule has 0 aromatic rings. The topological polar surface area (TPSA) is 40.5 Å². The summed E-state index contributed by atoms with van der Waals surface area (Å²) in [5.74, 6) is 0. The predicted molar refractivity (Wildman–Crippen MR) is 30.6 cm³/mol. The SMILES string of the molecule is C=C[Si](O)(O)C=C. The van der Waals surface area contributed by atoms with Crippen molar-refractivity contribution in [2.24, 2.45) is 0 Å².